The highest BCUT2D eigenvalue weighted by molar-refractivity contribution is 7.88. The zero-order chi connectivity index (χ0) is 21.1. The summed E-state index contributed by atoms with van der Waals surface area (Å²) in [6.45, 7) is 1.89. The van der Waals surface area contributed by atoms with E-state index in [1.54, 1.807) is 6.20 Å². The van der Waals surface area contributed by atoms with Crippen LogP contribution in [-0.4, -0.2) is 50.0 Å². The first-order valence-corrected chi connectivity index (χ1v) is 12.2. The maximum absolute atomic E-state index is 13.8. The van der Waals surface area contributed by atoms with Crippen LogP contribution in [0.2, 0.25) is 0 Å². The van der Waals surface area contributed by atoms with Crippen LogP contribution in [0.4, 0.5) is 0 Å². The minimum Gasteiger partial charge on any atom is -0.360 e. The Kier molecular flexibility index (Phi) is 6.04. The molecule has 6 nitrogen and oxygen atoms in total. The smallest absolute Gasteiger partial charge is 0.208 e. The van der Waals surface area contributed by atoms with Gasteiger partial charge in [-0.3, -0.25) is 9.69 Å². The van der Waals surface area contributed by atoms with Crippen LogP contribution in [0.5, 0.6) is 0 Å². The summed E-state index contributed by atoms with van der Waals surface area (Å²) in [5, 5.41) is 0.927. The second kappa shape index (κ2) is 8.71. The number of sulfonamides is 1. The lowest BCUT2D eigenvalue weighted by Gasteiger charge is -2.37. The molecule has 0 saturated carbocycles. The van der Waals surface area contributed by atoms with Crippen molar-refractivity contribution in [1.29, 1.82) is 0 Å². The molecule has 1 fully saturated rings. The van der Waals surface area contributed by atoms with Crippen LogP contribution >= 0.6 is 0 Å². The van der Waals surface area contributed by atoms with Crippen molar-refractivity contribution in [1.82, 2.24) is 14.6 Å². The molecule has 158 valence electrons. The molecule has 2 N–H and O–H groups in total. The minimum atomic E-state index is -3.23. The van der Waals surface area contributed by atoms with Gasteiger partial charge < -0.3 is 4.98 Å². The van der Waals surface area contributed by atoms with Crippen LogP contribution in [0.1, 0.15) is 34.8 Å². The van der Waals surface area contributed by atoms with E-state index in [-0.39, 0.29) is 11.7 Å². The van der Waals surface area contributed by atoms with Crippen LogP contribution in [-0.2, 0) is 10.0 Å². The number of ketones is 1. The van der Waals surface area contributed by atoms with Crippen molar-refractivity contribution in [3.8, 4) is 0 Å². The number of para-hydroxylation sites is 1. The van der Waals surface area contributed by atoms with Crippen LogP contribution < -0.4 is 4.72 Å². The van der Waals surface area contributed by atoms with E-state index in [1.165, 1.54) is 6.26 Å². The second-order valence-electron chi connectivity index (χ2n) is 8.05. The van der Waals surface area contributed by atoms with E-state index in [1.807, 2.05) is 54.6 Å². The van der Waals surface area contributed by atoms with Gasteiger partial charge in [0.1, 0.15) is 0 Å². The van der Waals surface area contributed by atoms with Gasteiger partial charge in [-0.2, -0.15) is 0 Å². The summed E-state index contributed by atoms with van der Waals surface area (Å²) in [6, 6.07) is 17.3. The first-order chi connectivity index (χ1) is 14.4. The molecule has 1 aliphatic heterocycles. The largest absolute Gasteiger partial charge is 0.360 e. The Morgan fingerprint density at radius 1 is 1.17 bits per heavy atom. The molecular formula is C23H27N3O3S. The van der Waals surface area contributed by atoms with E-state index in [0.717, 1.165) is 35.9 Å². The summed E-state index contributed by atoms with van der Waals surface area (Å²) < 4.78 is 25.7. The second-order valence-corrected chi connectivity index (χ2v) is 9.88. The molecule has 4 rings (SSSR count). The molecule has 0 radical (unpaired) electrons. The molecule has 7 heteroatoms. The van der Waals surface area contributed by atoms with Crippen LogP contribution in [0.15, 0.2) is 60.8 Å². The van der Waals surface area contributed by atoms with Crippen molar-refractivity contribution < 1.29 is 13.2 Å². The number of hydrogen-bond donors (Lipinski definition) is 2. The van der Waals surface area contributed by atoms with E-state index in [2.05, 4.69) is 14.6 Å². The Hall–Kier alpha value is -2.48. The molecule has 2 heterocycles. The molecule has 1 aromatic heterocycles. The van der Waals surface area contributed by atoms with Crippen molar-refractivity contribution in [2.75, 3.05) is 25.9 Å². The van der Waals surface area contributed by atoms with Crippen LogP contribution in [0, 0.1) is 5.92 Å². The van der Waals surface area contributed by atoms with Gasteiger partial charge in [0.25, 0.3) is 0 Å². The highest BCUT2D eigenvalue weighted by atomic mass is 32.2. The molecule has 2 unspecified atom stereocenters. The maximum atomic E-state index is 13.8. The zero-order valence-electron chi connectivity index (χ0n) is 17.0. The molecule has 1 aliphatic rings. The lowest BCUT2D eigenvalue weighted by atomic mass is 9.91. The number of carbonyl (C=O) groups is 1. The quantitative estimate of drug-likeness (QED) is 0.569. The number of benzene rings is 2. The van der Waals surface area contributed by atoms with Crippen LogP contribution in [0.3, 0.4) is 0 Å². The van der Waals surface area contributed by atoms with Gasteiger partial charge in [-0.15, -0.1) is 0 Å². The number of piperidine rings is 1. The van der Waals surface area contributed by atoms with Crippen molar-refractivity contribution in [2.45, 2.75) is 18.9 Å². The first kappa shape index (κ1) is 20.8. The summed E-state index contributed by atoms with van der Waals surface area (Å²) in [5.41, 5.74) is 2.60. The Bertz CT molecular complexity index is 1120. The number of rotatable bonds is 7. The highest BCUT2D eigenvalue weighted by Gasteiger charge is 2.33. The number of likely N-dealkylation sites (tertiary alicyclic amines) is 1. The van der Waals surface area contributed by atoms with Gasteiger partial charge in [0, 0.05) is 35.8 Å². The van der Waals surface area contributed by atoms with E-state index < -0.39 is 16.1 Å². The number of hydrogen-bond acceptors (Lipinski definition) is 4. The number of aromatic amines is 1. The molecule has 2 aromatic carbocycles. The van der Waals surface area contributed by atoms with E-state index in [9.17, 15) is 13.2 Å². The third-order valence-electron chi connectivity index (χ3n) is 5.77. The van der Waals surface area contributed by atoms with Crippen molar-refractivity contribution >= 4 is 26.7 Å². The molecule has 1 saturated heterocycles. The molecular weight excluding hydrogens is 398 g/mol. The summed E-state index contributed by atoms with van der Waals surface area (Å²) in [5.74, 6) is 0.242. The average molecular weight is 426 g/mol. The predicted molar refractivity (Wildman–Crippen MR) is 119 cm³/mol. The average Bonchev–Trinajstić information content (AvgIpc) is 3.17. The predicted octanol–water partition coefficient (Wildman–Crippen LogP) is 3.35. The van der Waals surface area contributed by atoms with E-state index in [4.69, 9.17) is 0 Å². The highest BCUT2D eigenvalue weighted by Crippen LogP contribution is 2.32. The van der Waals surface area contributed by atoms with Crippen molar-refractivity contribution in [3.63, 3.8) is 0 Å². The fraction of sp³-hybridized carbons (Fsp3) is 0.348. The molecule has 0 bridgehead atoms. The molecule has 0 aliphatic carbocycles. The summed E-state index contributed by atoms with van der Waals surface area (Å²) >= 11 is 0. The Morgan fingerprint density at radius 2 is 1.90 bits per heavy atom. The van der Waals surface area contributed by atoms with Gasteiger partial charge in [0.15, 0.2) is 5.78 Å². The number of H-pyrrole nitrogens is 1. The number of aromatic nitrogens is 1. The summed E-state index contributed by atoms with van der Waals surface area (Å²) in [7, 11) is -3.23. The fourth-order valence-corrected chi connectivity index (χ4v) is 4.89. The summed E-state index contributed by atoms with van der Waals surface area (Å²) in [4.78, 5) is 19.2. The van der Waals surface area contributed by atoms with Crippen molar-refractivity contribution in [3.05, 3.63) is 71.9 Å². The van der Waals surface area contributed by atoms with E-state index in [0.29, 0.717) is 18.7 Å². The Balaban J connectivity index is 1.64. The number of nitrogens with one attached hydrogen (secondary N) is 2. The SMILES string of the molecule is CS(=O)(=O)NCC1CCCN(C(C(=O)c2c[nH]c3ccccc23)c2ccccc2)C1. The van der Waals surface area contributed by atoms with Gasteiger partial charge in [0.2, 0.25) is 10.0 Å². The third kappa shape index (κ3) is 4.64. The van der Waals surface area contributed by atoms with Gasteiger partial charge in [-0.1, -0.05) is 48.5 Å². The number of nitrogens with zero attached hydrogens (tertiary/aromatic N) is 1. The molecule has 30 heavy (non-hydrogen) atoms. The lowest BCUT2D eigenvalue weighted by molar-refractivity contribution is 0.0725. The first-order valence-electron chi connectivity index (χ1n) is 10.3. The van der Waals surface area contributed by atoms with Gasteiger partial charge in [-0.05, 0) is 36.9 Å². The topological polar surface area (TPSA) is 82.3 Å². The lowest BCUT2D eigenvalue weighted by Crippen LogP contribution is -2.44. The Morgan fingerprint density at radius 3 is 2.67 bits per heavy atom. The number of Topliss-reactive ketones (excluding diaryl/α,β-unsaturated/α-hetero) is 1. The maximum Gasteiger partial charge on any atom is 0.208 e. The van der Waals surface area contributed by atoms with Gasteiger partial charge in [0.05, 0.1) is 12.3 Å². The van der Waals surface area contributed by atoms with Crippen molar-refractivity contribution in [2.24, 2.45) is 5.92 Å². The monoisotopic (exact) mass is 425 g/mol. The van der Waals surface area contributed by atoms with Crippen LogP contribution in [0.25, 0.3) is 10.9 Å². The Labute approximate surface area is 177 Å². The van der Waals surface area contributed by atoms with Gasteiger partial charge in [-0.25, -0.2) is 13.1 Å². The standard InChI is InChI=1S/C23H27N3O3S/c1-30(28,29)25-14-17-8-7-13-26(16-17)22(18-9-3-2-4-10-18)23(27)20-15-24-21-12-6-5-11-19(20)21/h2-6,9-12,15,17,22,24-25H,7-8,13-14,16H2,1H3. The fourth-order valence-electron chi connectivity index (χ4n) is 4.35. The molecule has 3 aromatic rings. The number of fused-ring (bicyclic) bond motifs is 1. The van der Waals surface area contributed by atoms with Gasteiger partial charge >= 0.3 is 0 Å². The summed E-state index contributed by atoms with van der Waals surface area (Å²) in [6.07, 6.45) is 4.86. The molecule has 0 spiro atoms. The molecule has 0 amide bonds. The van der Waals surface area contributed by atoms with E-state index >= 15 is 0 Å². The molecule has 2 atom stereocenters. The number of carbonyl (C=O) groups excluding carboxylic acids is 1. The zero-order valence-corrected chi connectivity index (χ0v) is 17.9. The third-order valence-corrected chi connectivity index (χ3v) is 6.46. The normalized spacial score (nSPS) is 19.0. The minimum absolute atomic E-state index is 0.0652.